The Labute approximate surface area is 136 Å². The van der Waals surface area contributed by atoms with E-state index in [0.29, 0.717) is 24.8 Å². The molecule has 0 spiro atoms. The third kappa shape index (κ3) is 2.91. The van der Waals surface area contributed by atoms with Gasteiger partial charge in [-0.15, -0.1) is 11.3 Å². The van der Waals surface area contributed by atoms with Crippen LogP contribution in [0.15, 0.2) is 27.8 Å². The van der Waals surface area contributed by atoms with E-state index in [1.807, 2.05) is 0 Å². The van der Waals surface area contributed by atoms with Crippen LogP contribution in [0.4, 0.5) is 0 Å². The molecule has 23 heavy (non-hydrogen) atoms. The van der Waals surface area contributed by atoms with Gasteiger partial charge in [-0.25, -0.2) is 9.67 Å². The molecule has 2 fully saturated rings. The number of hydrogen-bond donors (Lipinski definition) is 1. The van der Waals surface area contributed by atoms with E-state index in [9.17, 15) is 9.59 Å². The van der Waals surface area contributed by atoms with E-state index in [0.717, 1.165) is 18.5 Å². The second-order valence-corrected chi connectivity index (χ2v) is 6.59. The summed E-state index contributed by atoms with van der Waals surface area (Å²) in [6.07, 6.45) is 2.24. The quantitative estimate of drug-likeness (QED) is 0.901. The molecule has 0 bridgehead atoms. The van der Waals surface area contributed by atoms with Crippen LogP contribution in [0.3, 0.4) is 0 Å². The van der Waals surface area contributed by atoms with Crippen molar-refractivity contribution in [2.24, 2.45) is 0 Å². The maximum atomic E-state index is 12.2. The molecule has 0 aromatic carbocycles. The molecule has 1 aliphatic heterocycles. The van der Waals surface area contributed by atoms with Gasteiger partial charge in [-0.05, 0) is 18.9 Å². The highest BCUT2D eigenvalue weighted by Crippen LogP contribution is 2.38. The van der Waals surface area contributed by atoms with E-state index in [2.05, 4.69) is 15.4 Å². The van der Waals surface area contributed by atoms with Gasteiger partial charge in [0.05, 0.1) is 30.5 Å². The van der Waals surface area contributed by atoms with Crippen molar-refractivity contribution in [2.75, 3.05) is 13.2 Å². The number of carbonyl (C=O) groups is 1. The Hall–Kier alpha value is -2.06. The van der Waals surface area contributed by atoms with Crippen LogP contribution in [0.2, 0.25) is 0 Å². The molecule has 1 saturated heterocycles. The molecule has 1 N–H and O–H groups in total. The number of amides is 1. The van der Waals surface area contributed by atoms with Gasteiger partial charge in [0.15, 0.2) is 0 Å². The highest BCUT2D eigenvalue weighted by molar-refractivity contribution is 7.07. The Morgan fingerprint density at radius 3 is 2.96 bits per heavy atom. The second-order valence-electron chi connectivity index (χ2n) is 5.87. The lowest BCUT2D eigenvalue weighted by Gasteiger charge is -2.20. The molecular weight excluding hydrogens is 316 g/mol. The normalized spacial score (nSPS) is 23.8. The predicted octanol–water partition coefficient (Wildman–Crippen LogP) is 0.947. The Morgan fingerprint density at radius 2 is 2.22 bits per heavy atom. The van der Waals surface area contributed by atoms with Crippen LogP contribution in [0.25, 0.3) is 0 Å². The van der Waals surface area contributed by atoms with Crippen LogP contribution in [0.5, 0.6) is 0 Å². The van der Waals surface area contributed by atoms with Gasteiger partial charge in [-0.2, -0.15) is 5.10 Å². The number of aromatic nitrogens is 3. The molecule has 7 nitrogen and oxygen atoms in total. The van der Waals surface area contributed by atoms with Crippen LogP contribution >= 0.6 is 11.3 Å². The minimum absolute atomic E-state index is 0.169. The number of carbonyl (C=O) groups excluding carboxylic acids is 1. The van der Waals surface area contributed by atoms with Gasteiger partial charge in [0.25, 0.3) is 11.5 Å². The predicted molar refractivity (Wildman–Crippen MR) is 83.7 cm³/mol. The molecule has 0 radical (unpaired) electrons. The van der Waals surface area contributed by atoms with Crippen LogP contribution < -0.4 is 10.9 Å². The van der Waals surface area contributed by atoms with Crippen molar-refractivity contribution >= 4 is 17.2 Å². The first kappa shape index (κ1) is 14.5. The molecule has 4 rings (SSSR count). The summed E-state index contributed by atoms with van der Waals surface area (Å²) in [6, 6.07) is 2.78. The standard InChI is InChI=1S/C15H16N4O3S/c20-14-4-3-10(9-1-2-9)18-19(14)13-6-22-5-11(13)17-15(21)12-7-23-8-16-12/h3-4,7-9,11,13H,1-2,5-6H2,(H,17,21). The number of hydrogen-bond acceptors (Lipinski definition) is 6. The summed E-state index contributed by atoms with van der Waals surface area (Å²) in [6.45, 7) is 0.728. The van der Waals surface area contributed by atoms with Crippen molar-refractivity contribution in [1.82, 2.24) is 20.1 Å². The fourth-order valence-corrected chi connectivity index (χ4v) is 3.30. The topological polar surface area (TPSA) is 86.1 Å². The summed E-state index contributed by atoms with van der Waals surface area (Å²) in [5, 5.41) is 9.09. The van der Waals surface area contributed by atoms with Crippen molar-refractivity contribution in [3.05, 3.63) is 44.8 Å². The Morgan fingerprint density at radius 1 is 1.35 bits per heavy atom. The Balaban J connectivity index is 1.57. The second kappa shape index (κ2) is 5.86. The molecule has 2 atom stereocenters. The summed E-state index contributed by atoms with van der Waals surface area (Å²) >= 11 is 1.37. The average Bonchev–Trinajstić information content (AvgIpc) is 3.07. The van der Waals surface area contributed by atoms with Gasteiger partial charge in [0.1, 0.15) is 11.7 Å². The fraction of sp³-hybridized carbons (Fsp3) is 0.467. The molecule has 1 saturated carbocycles. The monoisotopic (exact) mass is 332 g/mol. The van der Waals surface area contributed by atoms with Crippen molar-refractivity contribution in [3.8, 4) is 0 Å². The molecule has 1 amide bonds. The van der Waals surface area contributed by atoms with Crippen LogP contribution in [-0.4, -0.2) is 39.9 Å². The zero-order chi connectivity index (χ0) is 15.8. The van der Waals surface area contributed by atoms with Crippen LogP contribution in [0, 0.1) is 0 Å². The van der Waals surface area contributed by atoms with E-state index in [-0.39, 0.29) is 23.6 Å². The fourth-order valence-electron chi connectivity index (χ4n) is 2.76. The minimum atomic E-state index is -0.288. The van der Waals surface area contributed by atoms with E-state index < -0.39 is 0 Å². The molecule has 3 heterocycles. The molecular formula is C15H16N4O3S. The van der Waals surface area contributed by atoms with Gasteiger partial charge in [-0.1, -0.05) is 0 Å². The lowest BCUT2D eigenvalue weighted by atomic mass is 10.1. The third-order valence-electron chi connectivity index (χ3n) is 4.19. The largest absolute Gasteiger partial charge is 0.377 e. The number of rotatable bonds is 4. The SMILES string of the molecule is O=C(NC1COCC1n1nc(C2CC2)ccc1=O)c1cscn1. The Kier molecular flexibility index (Phi) is 3.70. The molecule has 2 aliphatic rings. The lowest BCUT2D eigenvalue weighted by Crippen LogP contribution is -2.44. The number of nitrogens with one attached hydrogen (secondary N) is 1. The molecule has 8 heteroatoms. The first-order valence-electron chi connectivity index (χ1n) is 7.59. The molecule has 2 unspecified atom stereocenters. The van der Waals surface area contributed by atoms with E-state index >= 15 is 0 Å². The zero-order valence-electron chi connectivity index (χ0n) is 12.3. The molecule has 2 aromatic rings. The van der Waals surface area contributed by atoms with Crippen LogP contribution in [-0.2, 0) is 4.74 Å². The number of nitrogens with zero attached hydrogens (tertiary/aromatic N) is 3. The third-order valence-corrected chi connectivity index (χ3v) is 4.77. The smallest absolute Gasteiger partial charge is 0.271 e. The first-order chi connectivity index (χ1) is 11.2. The van der Waals surface area contributed by atoms with E-state index in [4.69, 9.17) is 4.74 Å². The highest BCUT2D eigenvalue weighted by Gasteiger charge is 2.34. The zero-order valence-corrected chi connectivity index (χ0v) is 13.2. The summed E-state index contributed by atoms with van der Waals surface area (Å²) in [4.78, 5) is 28.4. The van der Waals surface area contributed by atoms with Crippen molar-refractivity contribution in [2.45, 2.75) is 30.8 Å². The number of ether oxygens (including phenoxy) is 1. The summed E-state index contributed by atoms with van der Waals surface area (Å²) in [7, 11) is 0. The molecule has 1 aliphatic carbocycles. The van der Waals surface area contributed by atoms with E-state index in [1.54, 1.807) is 23.0 Å². The van der Waals surface area contributed by atoms with Crippen molar-refractivity contribution in [3.63, 3.8) is 0 Å². The maximum absolute atomic E-state index is 12.2. The van der Waals surface area contributed by atoms with E-state index in [1.165, 1.54) is 16.0 Å². The first-order valence-corrected chi connectivity index (χ1v) is 8.53. The average molecular weight is 332 g/mol. The molecule has 2 aromatic heterocycles. The Bertz CT molecular complexity index is 769. The van der Waals surface area contributed by atoms with Gasteiger partial charge < -0.3 is 10.1 Å². The lowest BCUT2D eigenvalue weighted by molar-refractivity contribution is 0.0920. The van der Waals surface area contributed by atoms with Crippen molar-refractivity contribution < 1.29 is 9.53 Å². The van der Waals surface area contributed by atoms with Gasteiger partial charge in [0, 0.05) is 17.4 Å². The van der Waals surface area contributed by atoms with Gasteiger partial charge in [-0.3, -0.25) is 9.59 Å². The maximum Gasteiger partial charge on any atom is 0.271 e. The summed E-state index contributed by atoms with van der Waals surface area (Å²) in [5.41, 5.74) is 2.77. The number of thiazole rings is 1. The van der Waals surface area contributed by atoms with Crippen LogP contribution in [0.1, 0.15) is 41.0 Å². The summed E-state index contributed by atoms with van der Waals surface area (Å²) in [5.74, 6) is 0.213. The highest BCUT2D eigenvalue weighted by atomic mass is 32.1. The van der Waals surface area contributed by atoms with Crippen molar-refractivity contribution in [1.29, 1.82) is 0 Å². The van der Waals surface area contributed by atoms with Gasteiger partial charge >= 0.3 is 0 Å². The minimum Gasteiger partial charge on any atom is -0.377 e. The molecule has 120 valence electrons. The van der Waals surface area contributed by atoms with Gasteiger partial charge in [0.2, 0.25) is 0 Å². The summed E-state index contributed by atoms with van der Waals surface area (Å²) < 4.78 is 6.95.